The average Bonchev–Trinajstić information content (AvgIpc) is 3.11. The number of benzene rings is 3. The van der Waals surface area contributed by atoms with Crippen LogP contribution in [0.25, 0.3) is 12.2 Å². The number of thioether (sulfide) groups is 1. The van der Waals surface area contributed by atoms with Gasteiger partial charge in [0, 0.05) is 23.1 Å². The molecule has 0 saturated carbocycles. The van der Waals surface area contributed by atoms with Crippen LogP contribution in [0.15, 0.2) is 115 Å². The summed E-state index contributed by atoms with van der Waals surface area (Å²) in [5, 5.41) is -0.150. The first-order valence-corrected chi connectivity index (χ1v) is 16.1. The molecule has 0 aliphatic heterocycles. The lowest BCUT2D eigenvalue weighted by atomic mass is 10.2. The summed E-state index contributed by atoms with van der Waals surface area (Å²) in [5.74, 6) is 0.370. The Hall–Kier alpha value is -5.35. The van der Waals surface area contributed by atoms with Crippen molar-refractivity contribution in [2.75, 3.05) is 26.4 Å². The van der Waals surface area contributed by atoms with Gasteiger partial charge in [-0.05, 0) is 109 Å². The van der Waals surface area contributed by atoms with E-state index in [1.165, 1.54) is 12.2 Å². The van der Waals surface area contributed by atoms with Crippen molar-refractivity contribution < 1.29 is 42.9 Å². The molecule has 3 aromatic rings. The van der Waals surface area contributed by atoms with Gasteiger partial charge in [0.25, 0.3) is 0 Å². The molecular formula is C38H38O9S. The van der Waals surface area contributed by atoms with Crippen molar-refractivity contribution in [1.29, 1.82) is 0 Å². The smallest absolute Gasteiger partial charge is 0.336 e. The van der Waals surface area contributed by atoms with Crippen LogP contribution in [0.2, 0.25) is 0 Å². The summed E-state index contributed by atoms with van der Waals surface area (Å²) in [6, 6.07) is 21.3. The van der Waals surface area contributed by atoms with Gasteiger partial charge in [0.15, 0.2) is 0 Å². The van der Waals surface area contributed by atoms with Gasteiger partial charge in [-0.15, -0.1) is 0 Å². The number of esters is 3. The molecule has 9 nitrogen and oxygen atoms in total. The second-order valence-electron chi connectivity index (χ2n) is 9.97. The van der Waals surface area contributed by atoms with Crippen LogP contribution in [-0.4, -0.2) is 49.5 Å². The highest BCUT2D eigenvalue weighted by Crippen LogP contribution is 2.23. The number of ether oxygens (including phenoxy) is 5. The summed E-state index contributed by atoms with van der Waals surface area (Å²) >= 11 is 1.06. The molecular weight excluding hydrogens is 632 g/mol. The van der Waals surface area contributed by atoms with Gasteiger partial charge in [-0.1, -0.05) is 43.5 Å². The molecule has 10 heteroatoms. The van der Waals surface area contributed by atoms with Gasteiger partial charge in [0.1, 0.15) is 17.2 Å². The Balaban J connectivity index is 1.33. The fourth-order valence-electron chi connectivity index (χ4n) is 3.81. The molecule has 0 bridgehead atoms. The van der Waals surface area contributed by atoms with Crippen LogP contribution >= 0.6 is 11.8 Å². The molecule has 250 valence electrons. The Morgan fingerprint density at radius 3 is 1.46 bits per heavy atom. The van der Waals surface area contributed by atoms with Crippen LogP contribution in [0.3, 0.4) is 0 Å². The van der Waals surface area contributed by atoms with E-state index in [1.807, 2.05) is 36.4 Å². The van der Waals surface area contributed by atoms with E-state index in [2.05, 4.69) is 13.2 Å². The number of rotatable bonds is 20. The molecule has 0 atom stereocenters. The summed E-state index contributed by atoms with van der Waals surface area (Å²) in [7, 11) is 0. The Bertz CT molecular complexity index is 1440. The second-order valence-corrected chi connectivity index (χ2v) is 11.1. The van der Waals surface area contributed by atoms with Crippen molar-refractivity contribution in [1.82, 2.24) is 0 Å². The predicted molar refractivity (Wildman–Crippen MR) is 186 cm³/mol. The summed E-state index contributed by atoms with van der Waals surface area (Å²) in [6.45, 7) is 8.34. The molecule has 0 N–H and O–H groups in total. The normalized spacial score (nSPS) is 10.8. The lowest BCUT2D eigenvalue weighted by molar-refractivity contribution is -0.138. The van der Waals surface area contributed by atoms with Crippen molar-refractivity contribution in [3.8, 4) is 17.2 Å². The van der Waals surface area contributed by atoms with E-state index in [-0.39, 0.29) is 5.12 Å². The van der Waals surface area contributed by atoms with Crippen LogP contribution in [0, 0.1) is 0 Å². The van der Waals surface area contributed by atoms with Crippen molar-refractivity contribution in [2.24, 2.45) is 0 Å². The third kappa shape index (κ3) is 15.3. The Morgan fingerprint density at radius 2 is 0.979 bits per heavy atom. The number of carbonyl (C=O) groups is 4. The van der Waals surface area contributed by atoms with Crippen LogP contribution in [-0.2, 0) is 28.7 Å². The molecule has 3 aromatic carbocycles. The third-order valence-electron chi connectivity index (χ3n) is 6.28. The molecule has 0 unspecified atom stereocenters. The van der Waals surface area contributed by atoms with Gasteiger partial charge in [0.05, 0.1) is 26.4 Å². The molecule has 0 heterocycles. The largest absolute Gasteiger partial charge is 0.494 e. The van der Waals surface area contributed by atoms with E-state index in [4.69, 9.17) is 23.7 Å². The second kappa shape index (κ2) is 21.4. The van der Waals surface area contributed by atoms with Gasteiger partial charge in [-0.2, -0.15) is 0 Å². The topological polar surface area (TPSA) is 114 Å². The van der Waals surface area contributed by atoms with E-state index in [9.17, 15) is 19.2 Å². The first kappa shape index (κ1) is 37.1. The average molecular weight is 671 g/mol. The minimum atomic E-state index is -0.533. The number of hydrogen-bond acceptors (Lipinski definition) is 10. The SMILES string of the molecule is C=CC(=O)OCCCCOc1ccc(/C=C/C(=O)Oc2ccc(SC(=O)/C=C/c3ccc(OCCCCOC(=O)C=C)cc3)cc2)cc1. The number of carbonyl (C=O) groups excluding carboxylic acids is 4. The number of unbranched alkanes of at least 4 members (excludes halogenated alkanes) is 2. The Labute approximate surface area is 284 Å². The molecule has 0 spiro atoms. The lowest BCUT2D eigenvalue weighted by Gasteiger charge is -2.06. The molecule has 0 aliphatic carbocycles. The van der Waals surface area contributed by atoms with Crippen LogP contribution in [0.4, 0.5) is 0 Å². The van der Waals surface area contributed by atoms with Crippen LogP contribution in [0.1, 0.15) is 36.8 Å². The van der Waals surface area contributed by atoms with Gasteiger partial charge in [-0.3, -0.25) is 4.79 Å². The Kier molecular flexibility index (Phi) is 16.6. The zero-order chi connectivity index (χ0) is 34.4. The zero-order valence-electron chi connectivity index (χ0n) is 26.5. The van der Waals surface area contributed by atoms with Gasteiger partial charge < -0.3 is 23.7 Å². The summed E-state index contributed by atoms with van der Waals surface area (Å²) < 4.78 is 26.6. The minimum absolute atomic E-state index is 0.150. The summed E-state index contributed by atoms with van der Waals surface area (Å²) in [6.07, 6.45) is 11.3. The zero-order valence-corrected chi connectivity index (χ0v) is 27.4. The first-order valence-electron chi connectivity index (χ1n) is 15.3. The summed E-state index contributed by atoms with van der Waals surface area (Å²) in [5.41, 5.74) is 1.65. The molecule has 0 aliphatic rings. The fourth-order valence-corrected chi connectivity index (χ4v) is 4.45. The highest BCUT2D eigenvalue weighted by Gasteiger charge is 2.05. The first-order chi connectivity index (χ1) is 23.3. The maximum Gasteiger partial charge on any atom is 0.336 e. The standard InChI is InChI=1S/C38H38O9S/c1-3-35(39)45-27-7-5-25-43-31-15-9-29(10-16-31)13-23-37(41)47-33-19-21-34(22-20-33)48-38(42)24-14-30-11-17-32(18-12-30)44-26-6-8-28-46-36(40)4-2/h3-4,9-24H,1-2,5-8,25-28H2/b23-13+,24-14+. The highest BCUT2D eigenvalue weighted by molar-refractivity contribution is 8.14. The molecule has 0 saturated heterocycles. The fraction of sp³-hybridized carbons (Fsp3) is 0.211. The minimum Gasteiger partial charge on any atom is -0.494 e. The molecule has 3 rings (SSSR count). The van der Waals surface area contributed by atoms with Crippen LogP contribution in [0.5, 0.6) is 17.2 Å². The lowest BCUT2D eigenvalue weighted by Crippen LogP contribution is -2.04. The van der Waals surface area contributed by atoms with Crippen molar-refractivity contribution in [3.63, 3.8) is 0 Å². The molecule has 48 heavy (non-hydrogen) atoms. The predicted octanol–water partition coefficient (Wildman–Crippen LogP) is 7.41. The van der Waals surface area contributed by atoms with Gasteiger partial charge in [-0.25, -0.2) is 14.4 Å². The molecule has 0 radical (unpaired) electrons. The van der Waals surface area contributed by atoms with E-state index in [0.717, 1.165) is 47.9 Å². The molecule has 0 aromatic heterocycles. The Morgan fingerprint density at radius 1 is 0.542 bits per heavy atom. The van der Waals surface area contributed by atoms with E-state index in [0.29, 0.717) is 61.4 Å². The van der Waals surface area contributed by atoms with E-state index < -0.39 is 17.9 Å². The maximum absolute atomic E-state index is 12.5. The van der Waals surface area contributed by atoms with E-state index >= 15 is 0 Å². The van der Waals surface area contributed by atoms with E-state index in [1.54, 1.807) is 48.6 Å². The monoisotopic (exact) mass is 670 g/mol. The van der Waals surface area contributed by atoms with Gasteiger partial charge >= 0.3 is 17.9 Å². The highest BCUT2D eigenvalue weighted by atomic mass is 32.2. The van der Waals surface area contributed by atoms with Crippen molar-refractivity contribution in [3.05, 3.63) is 121 Å². The van der Waals surface area contributed by atoms with Crippen LogP contribution < -0.4 is 14.2 Å². The maximum atomic E-state index is 12.5. The number of hydrogen-bond donors (Lipinski definition) is 0. The third-order valence-corrected chi connectivity index (χ3v) is 7.13. The molecule has 0 amide bonds. The summed E-state index contributed by atoms with van der Waals surface area (Å²) in [4.78, 5) is 47.5. The van der Waals surface area contributed by atoms with Crippen molar-refractivity contribution >= 4 is 46.9 Å². The van der Waals surface area contributed by atoms with Gasteiger partial charge in [0.2, 0.25) is 5.12 Å². The quantitative estimate of drug-likeness (QED) is 0.0396. The molecule has 0 fully saturated rings. The van der Waals surface area contributed by atoms with Crippen molar-refractivity contribution in [2.45, 2.75) is 30.6 Å².